The van der Waals surface area contributed by atoms with Crippen molar-refractivity contribution in [2.75, 3.05) is 33.9 Å². The van der Waals surface area contributed by atoms with E-state index in [4.69, 9.17) is 9.47 Å². The first-order valence-corrected chi connectivity index (χ1v) is 5.88. The van der Waals surface area contributed by atoms with Gasteiger partial charge in [-0.25, -0.2) is 4.79 Å². The molecule has 2 fully saturated rings. The zero-order chi connectivity index (χ0) is 12.5. The summed E-state index contributed by atoms with van der Waals surface area (Å²) in [5, 5.41) is 2.48. The number of methoxy groups -OCH3 is 1. The second-order valence-corrected chi connectivity index (χ2v) is 4.95. The molecule has 2 aliphatic rings. The van der Waals surface area contributed by atoms with E-state index in [1.807, 2.05) is 0 Å². The van der Waals surface area contributed by atoms with Gasteiger partial charge in [0.1, 0.15) is 6.10 Å². The Kier molecular flexibility index (Phi) is 3.40. The van der Waals surface area contributed by atoms with E-state index in [2.05, 4.69) is 16.8 Å². The normalized spacial score (nSPS) is 32.6. The number of amides is 1. The maximum atomic E-state index is 11.2. The van der Waals surface area contributed by atoms with Crippen molar-refractivity contribution in [2.24, 2.45) is 0 Å². The Morgan fingerprint density at radius 2 is 2.47 bits per heavy atom. The van der Waals surface area contributed by atoms with Crippen molar-refractivity contribution < 1.29 is 14.3 Å². The molecule has 0 aromatic carbocycles. The minimum atomic E-state index is -0.359. The Morgan fingerprint density at radius 1 is 1.71 bits per heavy atom. The molecule has 0 unspecified atom stereocenters. The Hall–Kier alpha value is -1.07. The van der Waals surface area contributed by atoms with Gasteiger partial charge in [-0.1, -0.05) is 12.2 Å². The van der Waals surface area contributed by atoms with Gasteiger partial charge in [0.2, 0.25) is 0 Å². The van der Waals surface area contributed by atoms with E-state index in [1.165, 1.54) is 5.57 Å². The van der Waals surface area contributed by atoms with Crippen molar-refractivity contribution in [3.05, 3.63) is 12.2 Å². The van der Waals surface area contributed by atoms with Crippen molar-refractivity contribution in [2.45, 2.75) is 24.5 Å². The highest BCUT2D eigenvalue weighted by Gasteiger charge is 2.50. The van der Waals surface area contributed by atoms with Gasteiger partial charge in [-0.2, -0.15) is 0 Å². The lowest BCUT2D eigenvalue weighted by molar-refractivity contribution is 0.0639. The molecule has 2 atom stereocenters. The van der Waals surface area contributed by atoms with E-state index in [0.29, 0.717) is 6.61 Å². The van der Waals surface area contributed by atoms with Gasteiger partial charge < -0.3 is 14.8 Å². The Bertz CT molecular complexity index is 332. The average Bonchev–Trinajstić information content (AvgIpc) is 2.70. The summed E-state index contributed by atoms with van der Waals surface area (Å²) in [5.74, 6) is 0. The van der Waals surface area contributed by atoms with Crippen LogP contribution in [0.15, 0.2) is 12.2 Å². The molecular weight excluding hydrogens is 220 g/mol. The molecule has 1 N–H and O–H groups in total. The first-order valence-electron chi connectivity index (χ1n) is 5.88. The molecule has 0 spiro atoms. The lowest BCUT2D eigenvalue weighted by Gasteiger charge is -2.29. The van der Waals surface area contributed by atoms with Gasteiger partial charge in [-0.15, -0.1) is 0 Å². The Balaban J connectivity index is 2.02. The number of nitrogens with zero attached hydrogens (tertiary/aromatic N) is 1. The fourth-order valence-corrected chi connectivity index (χ4v) is 3.02. The maximum absolute atomic E-state index is 11.2. The summed E-state index contributed by atoms with van der Waals surface area (Å²) in [6, 6.07) is 0. The number of hydrogen-bond acceptors (Lipinski definition) is 4. The molecule has 0 aliphatic carbocycles. The Labute approximate surface area is 102 Å². The summed E-state index contributed by atoms with van der Waals surface area (Å²) < 4.78 is 10.6. The van der Waals surface area contributed by atoms with Crippen LogP contribution >= 0.6 is 0 Å². The molecule has 5 nitrogen and oxygen atoms in total. The predicted octanol–water partition coefficient (Wildman–Crippen LogP) is 0.762. The molecule has 96 valence electrons. The van der Waals surface area contributed by atoms with Crippen LogP contribution in [0.5, 0.6) is 0 Å². The number of fused-ring (bicyclic) bond motifs is 1. The smallest absolute Gasteiger partial charge is 0.407 e. The Morgan fingerprint density at radius 3 is 3.12 bits per heavy atom. The van der Waals surface area contributed by atoms with Gasteiger partial charge in [-0.3, -0.25) is 4.90 Å². The van der Waals surface area contributed by atoms with Gasteiger partial charge in [0.15, 0.2) is 0 Å². The number of ether oxygens (including phenoxy) is 2. The molecular formula is C12H20N2O3. The molecule has 2 rings (SSSR count). The largest absolute Gasteiger partial charge is 0.445 e. The molecule has 0 bridgehead atoms. The van der Waals surface area contributed by atoms with Gasteiger partial charge in [0, 0.05) is 33.7 Å². The first kappa shape index (κ1) is 12.4. The quantitative estimate of drug-likeness (QED) is 0.740. The third kappa shape index (κ3) is 2.30. The van der Waals surface area contributed by atoms with Crippen LogP contribution < -0.4 is 5.32 Å². The summed E-state index contributed by atoms with van der Waals surface area (Å²) in [7, 11) is 3.28. The lowest BCUT2D eigenvalue weighted by atomic mass is 9.93. The zero-order valence-electron chi connectivity index (χ0n) is 10.5. The van der Waals surface area contributed by atoms with Crippen molar-refractivity contribution in [3.8, 4) is 0 Å². The third-order valence-corrected chi connectivity index (χ3v) is 3.59. The second-order valence-electron chi connectivity index (χ2n) is 4.95. The highest BCUT2D eigenvalue weighted by Crippen LogP contribution is 2.41. The van der Waals surface area contributed by atoms with Gasteiger partial charge >= 0.3 is 6.09 Å². The van der Waals surface area contributed by atoms with E-state index in [1.54, 1.807) is 14.2 Å². The molecule has 1 amide bonds. The molecule has 2 heterocycles. The summed E-state index contributed by atoms with van der Waals surface area (Å²) >= 11 is 0. The molecule has 17 heavy (non-hydrogen) atoms. The first-order chi connectivity index (χ1) is 8.09. The van der Waals surface area contributed by atoms with Crippen LogP contribution in [0.4, 0.5) is 4.79 Å². The van der Waals surface area contributed by atoms with E-state index >= 15 is 0 Å². The minimum absolute atomic E-state index is 0.00940. The van der Waals surface area contributed by atoms with Crippen LogP contribution in [0.1, 0.15) is 12.8 Å². The minimum Gasteiger partial charge on any atom is -0.445 e. The topological polar surface area (TPSA) is 50.8 Å². The number of alkyl carbamates (subject to hydrolysis) is 1. The number of carbonyl (C=O) groups excluding carboxylic acids is 1. The summed E-state index contributed by atoms with van der Waals surface area (Å²) in [6.07, 6.45) is 1.36. The van der Waals surface area contributed by atoms with E-state index in [9.17, 15) is 4.79 Å². The number of hydrogen-bond donors (Lipinski definition) is 1. The highest BCUT2D eigenvalue weighted by molar-refractivity contribution is 5.66. The van der Waals surface area contributed by atoms with Gasteiger partial charge in [0.25, 0.3) is 0 Å². The molecule has 0 aromatic heterocycles. The van der Waals surface area contributed by atoms with Crippen molar-refractivity contribution >= 4 is 6.09 Å². The monoisotopic (exact) mass is 240 g/mol. The zero-order valence-corrected chi connectivity index (χ0v) is 10.5. The van der Waals surface area contributed by atoms with Crippen LogP contribution in [-0.2, 0) is 9.47 Å². The van der Waals surface area contributed by atoms with Crippen LogP contribution in [-0.4, -0.2) is 56.5 Å². The molecule has 5 heteroatoms. The fraction of sp³-hybridized carbons (Fsp3) is 0.750. The van der Waals surface area contributed by atoms with Crippen LogP contribution in [0.2, 0.25) is 0 Å². The average molecular weight is 240 g/mol. The molecule has 0 saturated carbocycles. The predicted molar refractivity (Wildman–Crippen MR) is 63.9 cm³/mol. The van der Waals surface area contributed by atoms with Gasteiger partial charge in [-0.05, 0) is 6.42 Å². The van der Waals surface area contributed by atoms with E-state index in [-0.39, 0.29) is 17.7 Å². The molecule has 2 aliphatic heterocycles. The van der Waals surface area contributed by atoms with E-state index < -0.39 is 0 Å². The lowest BCUT2D eigenvalue weighted by Crippen LogP contribution is -2.42. The highest BCUT2D eigenvalue weighted by atomic mass is 16.6. The van der Waals surface area contributed by atoms with Crippen molar-refractivity contribution in [3.63, 3.8) is 0 Å². The summed E-state index contributed by atoms with van der Waals surface area (Å²) in [4.78, 5) is 13.5. The van der Waals surface area contributed by atoms with Crippen LogP contribution in [0, 0.1) is 0 Å². The van der Waals surface area contributed by atoms with Crippen LogP contribution in [0.3, 0.4) is 0 Å². The van der Waals surface area contributed by atoms with Gasteiger partial charge in [0.05, 0.1) is 12.1 Å². The number of rotatable bonds is 3. The number of carbonyl (C=O) groups is 1. The van der Waals surface area contributed by atoms with Crippen molar-refractivity contribution in [1.82, 2.24) is 10.2 Å². The molecule has 0 aromatic rings. The SMILES string of the molecule is C=C1CN2C[C@@H](OC(=O)NC)C[C@@]2(COC)C1. The second kappa shape index (κ2) is 4.66. The number of nitrogens with one attached hydrogen (secondary N) is 1. The third-order valence-electron chi connectivity index (χ3n) is 3.59. The summed E-state index contributed by atoms with van der Waals surface area (Å²) in [6.45, 7) is 6.37. The molecule has 0 radical (unpaired) electrons. The maximum Gasteiger partial charge on any atom is 0.407 e. The fourth-order valence-electron chi connectivity index (χ4n) is 3.02. The standard InChI is InChI=1S/C12H20N2O3/c1-9-4-12(8-16-3)5-10(7-14(12)6-9)17-11(15)13-2/h10H,1,4-8H2,2-3H3,(H,13,15)/t10-,12+/m0/s1. The van der Waals surface area contributed by atoms with E-state index in [0.717, 1.165) is 25.9 Å². The van der Waals surface area contributed by atoms with Crippen molar-refractivity contribution in [1.29, 1.82) is 0 Å². The van der Waals surface area contributed by atoms with Crippen LogP contribution in [0.25, 0.3) is 0 Å². The summed E-state index contributed by atoms with van der Waals surface area (Å²) in [5.41, 5.74) is 1.23. The molecule has 2 saturated heterocycles.